The standard InChI is InChI=1S/C11H5F6NOS/c12-10(13,14)7-2-1-6(3-8(7)11(15,16)17)19-9-4-20-5-18-9/h1-5H. The third-order valence-electron chi connectivity index (χ3n) is 2.23. The monoisotopic (exact) mass is 313 g/mol. The van der Waals surface area contributed by atoms with E-state index in [1.807, 2.05) is 0 Å². The second-order valence-corrected chi connectivity index (χ2v) is 4.35. The van der Waals surface area contributed by atoms with Crippen LogP contribution in [0.25, 0.3) is 0 Å². The molecule has 9 heteroatoms. The molecule has 2 aromatic rings. The van der Waals surface area contributed by atoms with Crippen molar-refractivity contribution in [1.82, 2.24) is 4.98 Å². The highest BCUT2D eigenvalue weighted by Gasteiger charge is 2.43. The van der Waals surface area contributed by atoms with Crippen LogP contribution in [0.15, 0.2) is 29.1 Å². The summed E-state index contributed by atoms with van der Waals surface area (Å²) >= 11 is 1.14. The topological polar surface area (TPSA) is 22.1 Å². The summed E-state index contributed by atoms with van der Waals surface area (Å²) in [5.74, 6) is -0.348. The van der Waals surface area contributed by atoms with Crippen LogP contribution in [0.1, 0.15) is 11.1 Å². The number of hydrogen-bond donors (Lipinski definition) is 0. The van der Waals surface area contributed by atoms with E-state index >= 15 is 0 Å². The molecule has 0 aliphatic carbocycles. The first-order valence-corrected chi connectivity index (χ1v) is 5.96. The van der Waals surface area contributed by atoms with Crippen molar-refractivity contribution >= 4 is 11.3 Å². The molecule has 0 aliphatic rings. The maximum atomic E-state index is 12.7. The van der Waals surface area contributed by atoms with Gasteiger partial charge < -0.3 is 4.74 Å². The van der Waals surface area contributed by atoms with Gasteiger partial charge in [-0.1, -0.05) is 0 Å². The van der Waals surface area contributed by atoms with Crippen LogP contribution in [0, 0.1) is 0 Å². The van der Waals surface area contributed by atoms with Crippen LogP contribution in [0.3, 0.4) is 0 Å². The molecule has 0 N–H and O–H groups in total. The van der Waals surface area contributed by atoms with Gasteiger partial charge in [0.1, 0.15) is 5.75 Å². The van der Waals surface area contributed by atoms with E-state index < -0.39 is 23.5 Å². The Balaban J connectivity index is 2.44. The van der Waals surface area contributed by atoms with Crippen LogP contribution >= 0.6 is 11.3 Å². The molecule has 0 saturated heterocycles. The lowest BCUT2D eigenvalue weighted by molar-refractivity contribution is -0.162. The third kappa shape index (κ3) is 3.21. The molecule has 0 saturated carbocycles. The predicted molar refractivity (Wildman–Crippen MR) is 58.6 cm³/mol. The summed E-state index contributed by atoms with van der Waals surface area (Å²) in [7, 11) is 0. The zero-order chi connectivity index (χ0) is 15.0. The molecule has 108 valence electrons. The largest absolute Gasteiger partial charge is 0.438 e. The number of alkyl halides is 6. The van der Waals surface area contributed by atoms with Crippen LogP contribution < -0.4 is 4.74 Å². The molecule has 0 radical (unpaired) electrons. The van der Waals surface area contributed by atoms with Crippen molar-refractivity contribution in [3.63, 3.8) is 0 Å². The summed E-state index contributed by atoms with van der Waals surface area (Å²) in [6.45, 7) is 0. The Labute approximate surface area is 112 Å². The summed E-state index contributed by atoms with van der Waals surface area (Å²) in [5, 5.41) is 1.41. The lowest BCUT2D eigenvalue weighted by atomic mass is 10.1. The highest BCUT2D eigenvalue weighted by atomic mass is 32.1. The quantitative estimate of drug-likeness (QED) is 0.730. The van der Waals surface area contributed by atoms with Crippen molar-refractivity contribution < 1.29 is 31.1 Å². The molecular formula is C11H5F6NOS. The fraction of sp³-hybridized carbons (Fsp3) is 0.182. The average Bonchev–Trinajstić information content (AvgIpc) is 2.79. The molecule has 0 unspecified atom stereocenters. The van der Waals surface area contributed by atoms with Gasteiger partial charge in [-0.15, -0.1) is 11.3 Å². The Morgan fingerprint density at radius 1 is 0.950 bits per heavy atom. The number of ether oxygens (including phenoxy) is 1. The fourth-order valence-corrected chi connectivity index (χ4v) is 1.89. The van der Waals surface area contributed by atoms with Gasteiger partial charge in [-0.2, -0.15) is 26.3 Å². The molecule has 1 aromatic heterocycles. The van der Waals surface area contributed by atoms with Gasteiger partial charge in [0.2, 0.25) is 5.88 Å². The fourth-order valence-electron chi connectivity index (χ4n) is 1.44. The summed E-state index contributed by atoms with van der Waals surface area (Å²) < 4.78 is 80.6. The first-order chi connectivity index (χ1) is 9.18. The molecule has 20 heavy (non-hydrogen) atoms. The molecule has 2 rings (SSSR count). The third-order valence-corrected chi connectivity index (χ3v) is 2.80. The molecule has 1 aromatic carbocycles. The van der Waals surface area contributed by atoms with Gasteiger partial charge in [0, 0.05) is 0 Å². The molecule has 0 aliphatic heterocycles. The van der Waals surface area contributed by atoms with E-state index in [9.17, 15) is 26.3 Å². The summed E-state index contributed by atoms with van der Waals surface area (Å²) in [6, 6.07) is 1.46. The van der Waals surface area contributed by atoms with E-state index in [0.29, 0.717) is 12.1 Å². The number of aromatic nitrogens is 1. The van der Waals surface area contributed by atoms with E-state index in [4.69, 9.17) is 4.74 Å². The predicted octanol–water partition coefficient (Wildman–Crippen LogP) is 4.97. The van der Waals surface area contributed by atoms with Crippen LogP contribution in [-0.4, -0.2) is 4.98 Å². The van der Waals surface area contributed by atoms with Gasteiger partial charge in [0.05, 0.1) is 22.0 Å². The molecule has 0 atom stereocenters. The van der Waals surface area contributed by atoms with E-state index in [2.05, 4.69) is 4.98 Å². The highest BCUT2D eigenvalue weighted by Crippen LogP contribution is 2.42. The summed E-state index contributed by atoms with van der Waals surface area (Å²) in [6.07, 6.45) is -10.2. The number of rotatable bonds is 2. The summed E-state index contributed by atoms with van der Waals surface area (Å²) in [5.41, 5.74) is -2.17. The lowest BCUT2D eigenvalue weighted by Gasteiger charge is -2.16. The number of hydrogen-bond acceptors (Lipinski definition) is 3. The molecule has 0 amide bonds. The van der Waals surface area contributed by atoms with Crippen molar-refractivity contribution in [2.24, 2.45) is 0 Å². The van der Waals surface area contributed by atoms with Crippen molar-refractivity contribution in [1.29, 1.82) is 0 Å². The number of benzene rings is 1. The first-order valence-electron chi connectivity index (χ1n) is 5.02. The van der Waals surface area contributed by atoms with E-state index in [1.54, 1.807) is 0 Å². The minimum absolute atomic E-state index is 0.0166. The molecule has 1 heterocycles. The van der Waals surface area contributed by atoms with Gasteiger partial charge in [-0.05, 0) is 18.2 Å². The van der Waals surface area contributed by atoms with E-state index in [-0.39, 0.29) is 11.6 Å². The Morgan fingerprint density at radius 3 is 2.10 bits per heavy atom. The smallest absolute Gasteiger partial charge is 0.417 e. The Bertz CT molecular complexity index is 590. The Kier molecular flexibility index (Phi) is 3.63. The minimum atomic E-state index is -5.13. The van der Waals surface area contributed by atoms with Crippen LogP contribution in [0.5, 0.6) is 11.6 Å². The summed E-state index contributed by atoms with van der Waals surface area (Å²) in [4.78, 5) is 3.67. The van der Waals surface area contributed by atoms with Gasteiger partial charge in [0.15, 0.2) is 0 Å². The lowest BCUT2D eigenvalue weighted by Crippen LogP contribution is -2.16. The van der Waals surface area contributed by atoms with Crippen molar-refractivity contribution in [2.75, 3.05) is 0 Å². The molecule has 0 fully saturated rings. The maximum absolute atomic E-state index is 12.7. The Morgan fingerprint density at radius 2 is 1.60 bits per heavy atom. The van der Waals surface area contributed by atoms with Crippen molar-refractivity contribution in [2.45, 2.75) is 12.4 Å². The average molecular weight is 313 g/mol. The van der Waals surface area contributed by atoms with Crippen molar-refractivity contribution in [3.8, 4) is 11.6 Å². The normalized spacial score (nSPS) is 12.5. The number of nitrogens with zero attached hydrogens (tertiary/aromatic N) is 1. The van der Waals surface area contributed by atoms with Gasteiger partial charge in [-0.3, -0.25) is 0 Å². The van der Waals surface area contributed by atoms with Gasteiger partial charge >= 0.3 is 12.4 Å². The van der Waals surface area contributed by atoms with Crippen LogP contribution in [0.4, 0.5) is 26.3 Å². The van der Waals surface area contributed by atoms with E-state index in [0.717, 1.165) is 17.4 Å². The molecule has 2 nitrogen and oxygen atoms in total. The first kappa shape index (κ1) is 14.6. The highest BCUT2D eigenvalue weighted by molar-refractivity contribution is 7.07. The van der Waals surface area contributed by atoms with Crippen LogP contribution in [-0.2, 0) is 12.4 Å². The molecular weight excluding hydrogens is 308 g/mol. The van der Waals surface area contributed by atoms with E-state index in [1.165, 1.54) is 10.9 Å². The van der Waals surface area contributed by atoms with Crippen molar-refractivity contribution in [3.05, 3.63) is 40.2 Å². The second kappa shape index (κ2) is 4.97. The second-order valence-electron chi connectivity index (χ2n) is 3.63. The minimum Gasteiger partial charge on any atom is -0.438 e. The zero-order valence-electron chi connectivity index (χ0n) is 9.42. The molecule has 0 bridgehead atoms. The Hall–Kier alpha value is -1.77. The molecule has 0 spiro atoms. The van der Waals surface area contributed by atoms with Gasteiger partial charge in [0.25, 0.3) is 0 Å². The van der Waals surface area contributed by atoms with Crippen LogP contribution in [0.2, 0.25) is 0 Å². The zero-order valence-corrected chi connectivity index (χ0v) is 10.2. The number of thiazole rings is 1. The SMILES string of the molecule is FC(F)(F)c1ccc(Oc2cscn2)cc1C(F)(F)F. The van der Waals surface area contributed by atoms with Gasteiger partial charge in [-0.25, -0.2) is 4.98 Å². The maximum Gasteiger partial charge on any atom is 0.417 e. The number of halogens is 6.